The van der Waals surface area contributed by atoms with Gasteiger partial charge in [-0.1, -0.05) is 41.9 Å². The summed E-state index contributed by atoms with van der Waals surface area (Å²) in [6.07, 6.45) is 0.994. The van der Waals surface area contributed by atoms with Crippen molar-refractivity contribution in [3.63, 3.8) is 0 Å². The third-order valence-corrected chi connectivity index (χ3v) is 5.33. The summed E-state index contributed by atoms with van der Waals surface area (Å²) in [4.78, 5) is 28.1. The number of methoxy groups -OCH3 is 1. The van der Waals surface area contributed by atoms with Gasteiger partial charge < -0.3 is 20.1 Å². The first-order valence-electron chi connectivity index (χ1n) is 9.82. The molecule has 160 valence electrons. The van der Waals surface area contributed by atoms with Gasteiger partial charge in [-0.3, -0.25) is 14.5 Å². The molecular weight excluding hydrogens is 406 g/mol. The molecule has 30 heavy (non-hydrogen) atoms. The Labute approximate surface area is 181 Å². The van der Waals surface area contributed by atoms with Crippen molar-refractivity contribution in [3.05, 3.63) is 58.6 Å². The summed E-state index contributed by atoms with van der Waals surface area (Å²) in [5.41, 5.74) is 6.84. The molecule has 8 heteroatoms. The second-order valence-corrected chi connectivity index (χ2v) is 7.52. The average molecular weight is 432 g/mol. The van der Waals surface area contributed by atoms with Crippen molar-refractivity contribution in [2.45, 2.75) is 6.42 Å². The Balaban J connectivity index is 1.59. The highest BCUT2D eigenvalue weighted by Gasteiger charge is 2.24. The van der Waals surface area contributed by atoms with Gasteiger partial charge in [0.2, 0.25) is 0 Å². The summed E-state index contributed by atoms with van der Waals surface area (Å²) < 4.78 is 10.6. The topological polar surface area (TPSA) is 85.1 Å². The van der Waals surface area contributed by atoms with Crippen molar-refractivity contribution in [3.8, 4) is 11.5 Å². The Hall–Kier alpha value is -2.77. The molecule has 2 aromatic rings. The van der Waals surface area contributed by atoms with Gasteiger partial charge in [0.15, 0.2) is 18.1 Å². The lowest BCUT2D eigenvalue weighted by atomic mass is 10.1. The Morgan fingerprint density at radius 3 is 2.43 bits per heavy atom. The SMILES string of the molecule is COc1cc(C(=O)N2CCN(CCc3ccccc3)CC2)cc(Cl)c1OCC(N)=O. The maximum atomic E-state index is 13.0. The first-order chi connectivity index (χ1) is 14.5. The highest BCUT2D eigenvalue weighted by Crippen LogP contribution is 2.36. The largest absolute Gasteiger partial charge is 0.493 e. The molecular formula is C22H26ClN3O4. The Kier molecular flexibility index (Phi) is 7.54. The summed E-state index contributed by atoms with van der Waals surface area (Å²) >= 11 is 6.27. The van der Waals surface area contributed by atoms with Crippen molar-refractivity contribution >= 4 is 23.4 Å². The van der Waals surface area contributed by atoms with E-state index in [0.717, 1.165) is 26.1 Å². The number of primary amides is 1. The highest BCUT2D eigenvalue weighted by atomic mass is 35.5. The van der Waals surface area contributed by atoms with Crippen LogP contribution in [0.4, 0.5) is 0 Å². The molecule has 0 bridgehead atoms. The van der Waals surface area contributed by atoms with Gasteiger partial charge in [0.1, 0.15) is 0 Å². The Morgan fingerprint density at radius 1 is 1.10 bits per heavy atom. The van der Waals surface area contributed by atoms with E-state index in [0.29, 0.717) is 18.7 Å². The zero-order valence-corrected chi connectivity index (χ0v) is 17.7. The van der Waals surface area contributed by atoms with Crippen molar-refractivity contribution in [2.24, 2.45) is 5.73 Å². The van der Waals surface area contributed by atoms with Gasteiger partial charge in [0, 0.05) is 38.3 Å². The third kappa shape index (κ3) is 5.64. The standard InChI is InChI=1S/C22H26ClN3O4/c1-29-19-14-17(13-18(23)21(19)30-15-20(24)27)22(28)26-11-9-25(10-12-26)8-7-16-5-3-2-4-6-16/h2-6,13-14H,7-12,15H2,1H3,(H2,24,27). The van der Waals surface area contributed by atoms with E-state index in [1.165, 1.54) is 18.7 Å². The molecule has 1 aliphatic heterocycles. The lowest BCUT2D eigenvalue weighted by molar-refractivity contribution is -0.119. The first-order valence-corrected chi connectivity index (χ1v) is 10.2. The molecule has 2 amide bonds. The molecule has 1 heterocycles. The minimum atomic E-state index is -0.626. The number of piperazine rings is 1. The molecule has 2 aromatic carbocycles. The number of ether oxygens (including phenoxy) is 2. The third-order valence-electron chi connectivity index (χ3n) is 5.05. The van der Waals surface area contributed by atoms with Crippen molar-refractivity contribution in [2.75, 3.05) is 46.4 Å². The molecule has 0 aromatic heterocycles. The van der Waals surface area contributed by atoms with Crippen LogP contribution in [0.2, 0.25) is 5.02 Å². The second kappa shape index (κ2) is 10.3. The molecule has 3 rings (SSSR count). The maximum absolute atomic E-state index is 13.0. The van der Waals surface area contributed by atoms with Gasteiger partial charge in [-0.15, -0.1) is 0 Å². The summed E-state index contributed by atoms with van der Waals surface area (Å²) in [5, 5.41) is 0.195. The van der Waals surface area contributed by atoms with Crippen LogP contribution in [0.3, 0.4) is 0 Å². The summed E-state index contributed by atoms with van der Waals surface area (Å²) in [5.74, 6) is -0.258. The van der Waals surface area contributed by atoms with Crippen LogP contribution < -0.4 is 15.2 Å². The molecule has 0 radical (unpaired) electrons. The van der Waals surface area contributed by atoms with Crippen LogP contribution in [0, 0.1) is 0 Å². The van der Waals surface area contributed by atoms with E-state index in [2.05, 4.69) is 29.2 Å². The number of hydrogen-bond donors (Lipinski definition) is 1. The molecule has 0 atom stereocenters. The van der Waals surface area contributed by atoms with Crippen LogP contribution in [-0.2, 0) is 11.2 Å². The number of hydrogen-bond acceptors (Lipinski definition) is 5. The van der Waals surface area contributed by atoms with E-state index < -0.39 is 5.91 Å². The number of carbonyl (C=O) groups excluding carboxylic acids is 2. The van der Waals surface area contributed by atoms with Gasteiger partial charge >= 0.3 is 0 Å². The number of nitrogens with zero attached hydrogens (tertiary/aromatic N) is 2. The fraction of sp³-hybridized carbons (Fsp3) is 0.364. The van der Waals surface area contributed by atoms with Crippen LogP contribution in [0.15, 0.2) is 42.5 Å². The van der Waals surface area contributed by atoms with Gasteiger partial charge in [0.25, 0.3) is 11.8 Å². The molecule has 1 fully saturated rings. The molecule has 0 saturated carbocycles. The number of amides is 2. The predicted molar refractivity (Wildman–Crippen MR) is 115 cm³/mol. The fourth-order valence-electron chi connectivity index (χ4n) is 3.42. The van der Waals surface area contributed by atoms with Crippen LogP contribution in [0.1, 0.15) is 15.9 Å². The maximum Gasteiger partial charge on any atom is 0.255 e. The summed E-state index contributed by atoms with van der Waals surface area (Å²) in [7, 11) is 1.45. The monoisotopic (exact) mass is 431 g/mol. The van der Waals surface area contributed by atoms with E-state index in [4.69, 9.17) is 26.8 Å². The molecule has 7 nitrogen and oxygen atoms in total. The van der Waals surface area contributed by atoms with Gasteiger partial charge in [0.05, 0.1) is 12.1 Å². The number of benzene rings is 2. The van der Waals surface area contributed by atoms with E-state index in [-0.39, 0.29) is 29.0 Å². The Bertz CT molecular complexity index is 883. The minimum absolute atomic E-state index is 0.112. The number of carbonyl (C=O) groups is 2. The van der Waals surface area contributed by atoms with Crippen LogP contribution in [0.25, 0.3) is 0 Å². The van der Waals surface area contributed by atoms with Crippen molar-refractivity contribution in [1.29, 1.82) is 0 Å². The zero-order chi connectivity index (χ0) is 21.5. The number of halogens is 1. The molecule has 1 saturated heterocycles. The lowest BCUT2D eigenvalue weighted by Crippen LogP contribution is -2.49. The normalized spacial score (nSPS) is 14.4. The fourth-order valence-corrected chi connectivity index (χ4v) is 3.68. The molecule has 0 unspecified atom stereocenters. The number of nitrogens with two attached hydrogens (primary N) is 1. The molecule has 0 spiro atoms. The zero-order valence-electron chi connectivity index (χ0n) is 17.0. The predicted octanol–water partition coefficient (Wildman–Crippen LogP) is 2.21. The number of rotatable bonds is 8. The van der Waals surface area contributed by atoms with Crippen LogP contribution in [-0.4, -0.2) is 68.1 Å². The second-order valence-electron chi connectivity index (χ2n) is 7.11. The first kappa shape index (κ1) is 21.9. The lowest BCUT2D eigenvalue weighted by Gasteiger charge is -2.35. The minimum Gasteiger partial charge on any atom is -0.493 e. The molecule has 2 N–H and O–H groups in total. The van der Waals surface area contributed by atoms with Crippen LogP contribution in [0.5, 0.6) is 11.5 Å². The highest BCUT2D eigenvalue weighted by molar-refractivity contribution is 6.32. The Morgan fingerprint density at radius 2 is 1.80 bits per heavy atom. The van der Waals surface area contributed by atoms with E-state index in [1.54, 1.807) is 6.07 Å². The van der Waals surface area contributed by atoms with E-state index >= 15 is 0 Å². The summed E-state index contributed by atoms with van der Waals surface area (Å²) in [6, 6.07) is 13.5. The van der Waals surface area contributed by atoms with Crippen molar-refractivity contribution in [1.82, 2.24) is 9.80 Å². The van der Waals surface area contributed by atoms with E-state index in [9.17, 15) is 9.59 Å². The van der Waals surface area contributed by atoms with Gasteiger partial charge in [-0.05, 0) is 24.1 Å². The van der Waals surface area contributed by atoms with Gasteiger partial charge in [-0.2, -0.15) is 0 Å². The summed E-state index contributed by atoms with van der Waals surface area (Å²) in [6.45, 7) is 3.58. The quantitative estimate of drug-likeness (QED) is 0.692. The molecule has 1 aliphatic rings. The van der Waals surface area contributed by atoms with Crippen LogP contribution >= 0.6 is 11.6 Å². The van der Waals surface area contributed by atoms with Crippen molar-refractivity contribution < 1.29 is 19.1 Å². The smallest absolute Gasteiger partial charge is 0.255 e. The average Bonchev–Trinajstić information content (AvgIpc) is 2.76. The van der Waals surface area contributed by atoms with E-state index in [1.807, 2.05) is 11.0 Å². The molecule has 0 aliphatic carbocycles. The van der Waals surface area contributed by atoms with Gasteiger partial charge in [-0.25, -0.2) is 0 Å².